The molecule has 0 saturated heterocycles. The first kappa shape index (κ1) is 16.9. The van der Waals surface area contributed by atoms with Crippen molar-refractivity contribution < 1.29 is 18.3 Å². The van der Waals surface area contributed by atoms with Crippen LogP contribution in [0.4, 0.5) is 5.69 Å². The van der Waals surface area contributed by atoms with Gasteiger partial charge < -0.3 is 15.2 Å². The molecule has 1 unspecified atom stereocenters. The van der Waals surface area contributed by atoms with Gasteiger partial charge in [0.25, 0.3) is 0 Å². The average Bonchev–Trinajstić information content (AvgIpc) is 2.39. The highest BCUT2D eigenvalue weighted by Crippen LogP contribution is 2.24. The van der Waals surface area contributed by atoms with Gasteiger partial charge in [0.2, 0.25) is 10.0 Å². The zero-order valence-electron chi connectivity index (χ0n) is 12.0. The molecule has 114 valence electrons. The Labute approximate surface area is 120 Å². The number of nitrogens with zero attached hydrogens (tertiary/aromatic N) is 1. The zero-order valence-corrected chi connectivity index (χ0v) is 12.9. The molecule has 1 atom stereocenters. The van der Waals surface area contributed by atoms with Crippen LogP contribution in [0.15, 0.2) is 29.2 Å². The summed E-state index contributed by atoms with van der Waals surface area (Å²) in [6.07, 6.45) is 0.476. The van der Waals surface area contributed by atoms with E-state index < -0.39 is 10.0 Å². The summed E-state index contributed by atoms with van der Waals surface area (Å²) in [5.41, 5.74) is 0.511. The van der Waals surface area contributed by atoms with E-state index >= 15 is 0 Å². The lowest BCUT2D eigenvalue weighted by Crippen LogP contribution is -2.28. The van der Waals surface area contributed by atoms with Crippen LogP contribution in [0.25, 0.3) is 0 Å². The fourth-order valence-corrected chi connectivity index (χ4v) is 2.83. The number of anilines is 1. The van der Waals surface area contributed by atoms with Gasteiger partial charge in [0.05, 0.1) is 18.3 Å². The van der Waals surface area contributed by atoms with Gasteiger partial charge in [-0.05, 0) is 18.6 Å². The second kappa shape index (κ2) is 7.58. The summed E-state index contributed by atoms with van der Waals surface area (Å²) in [5.74, 6) is 0. The lowest BCUT2D eigenvalue weighted by atomic mass is 10.2. The molecule has 1 aromatic rings. The Morgan fingerprint density at radius 3 is 2.55 bits per heavy atom. The van der Waals surface area contributed by atoms with Crippen LogP contribution in [0.5, 0.6) is 0 Å². The van der Waals surface area contributed by atoms with E-state index in [2.05, 4.69) is 5.32 Å². The third kappa shape index (κ3) is 4.17. The van der Waals surface area contributed by atoms with Crippen LogP contribution < -0.4 is 5.32 Å². The van der Waals surface area contributed by atoms with Crippen molar-refractivity contribution in [3.63, 3.8) is 0 Å². The van der Waals surface area contributed by atoms with Crippen LogP contribution in [-0.2, 0) is 14.8 Å². The maximum atomic E-state index is 12.3. The highest BCUT2D eigenvalue weighted by molar-refractivity contribution is 7.89. The highest BCUT2D eigenvalue weighted by atomic mass is 32.2. The molecule has 0 aliphatic rings. The van der Waals surface area contributed by atoms with Crippen LogP contribution in [0.1, 0.15) is 6.42 Å². The molecule has 2 N–H and O–H groups in total. The van der Waals surface area contributed by atoms with Crippen LogP contribution in [-0.4, -0.2) is 58.3 Å². The predicted octanol–water partition coefficient (Wildman–Crippen LogP) is 0.746. The van der Waals surface area contributed by atoms with Gasteiger partial charge in [-0.3, -0.25) is 0 Å². The van der Waals surface area contributed by atoms with E-state index in [0.29, 0.717) is 18.7 Å². The van der Waals surface area contributed by atoms with Gasteiger partial charge in [-0.1, -0.05) is 12.1 Å². The SMILES string of the molecule is COCC(CCO)Nc1ccccc1S(=O)(=O)N(C)C. The molecule has 7 heteroatoms. The van der Waals surface area contributed by atoms with Crippen LogP contribution in [0.3, 0.4) is 0 Å². The van der Waals surface area contributed by atoms with Gasteiger partial charge in [-0.15, -0.1) is 0 Å². The molecule has 0 radical (unpaired) electrons. The van der Waals surface area contributed by atoms with Gasteiger partial charge in [0.15, 0.2) is 0 Å². The van der Waals surface area contributed by atoms with Crippen LogP contribution in [0, 0.1) is 0 Å². The van der Waals surface area contributed by atoms with E-state index in [1.807, 2.05) is 0 Å². The number of methoxy groups -OCH3 is 1. The third-order valence-electron chi connectivity index (χ3n) is 2.85. The fourth-order valence-electron chi connectivity index (χ4n) is 1.78. The topological polar surface area (TPSA) is 78.9 Å². The molecule has 1 rings (SSSR count). The first-order chi connectivity index (χ1) is 9.43. The lowest BCUT2D eigenvalue weighted by molar-refractivity contribution is 0.170. The maximum absolute atomic E-state index is 12.3. The molecule has 0 aliphatic carbocycles. The lowest BCUT2D eigenvalue weighted by Gasteiger charge is -2.21. The Morgan fingerprint density at radius 2 is 2.00 bits per heavy atom. The Hall–Kier alpha value is -1.15. The summed E-state index contributed by atoms with van der Waals surface area (Å²) >= 11 is 0. The number of benzene rings is 1. The van der Waals surface area contributed by atoms with Crippen LogP contribution >= 0.6 is 0 Å². The fraction of sp³-hybridized carbons (Fsp3) is 0.538. The Kier molecular flexibility index (Phi) is 6.41. The average molecular weight is 302 g/mol. The number of aliphatic hydroxyl groups is 1. The minimum Gasteiger partial charge on any atom is -0.396 e. The molecule has 20 heavy (non-hydrogen) atoms. The number of hydrogen-bond donors (Lipinski definition) is 2. The second-order valence-electron chi connectivity index (χ2n) is 4.59. The van der Waals surface area contributed by atoms with Crippen molar-refractivity contribution in [3.8, 4) is 0 Å². The Morgan fingerprint density at radius 1 is 1.35 bits per heavy atom. The predicted molar refractivity (Wildman–Crippen MR) is 78.3 cm³/mol. The number of sulfonamides is 1. The number of rotatable bonds is 8. The summed E-state index contributed by atoms with van der Waals surface area (Å²) in [6, 6.07) is 6.55. The molecular weight excluding hydrogens is 280 g/mol. The van der Waals surface area contributed by atoms with E-state index in [-0.39, 0.29) is 17.5 Å². The summed E-state index contributed by atoms with van der Waals surface area (Å²) in [4.78, 5) is 0.212. The normalized spacial score (nSPS) is 13.4. The highest BCUT2D eigenvalue weighted by Gasteiger charge is 2.22. The van der Waals surface area contributed by atoms with E-state index in [0.717, 1.165) is 0 Å². The van der Waals surface area contributed by atoms with E-state index in [9.17, 15) is 8.42 Å². The third-order valence-corrected chi connectivity index (χ3v) is 4.72. The molecule has 0 fully saturated rings. The van der Waals surface area contributed by atoms with Crippen molar-refractivity contribution in [2.45, 2.75) is 17.4 Å². The smallest absolute Gasteiger partial charge is 0.244 e. The van der Waals surface area contributed by atoms with Crippen molar-refractivity contribution in [2.24, 2.45) is 0 Å². The summed E-state index contributed by atoms with van der Waals surface area (Å²) < 4.78 is 30.8. The van der Waals surface area contributed by atoms with Crippen LogP contribution in [0.2, 0.25) is 0 Å². The molecule has 0 aliphatic heterocycles. The number of hydrogen-bond acceptors (Lipinski definition) is 5. The van der Waals surface area contributed by atoms with Crippen molar-refractivity contribution >= 4 is 15.7 Å². The number of para-hydroxylation sites is 1. The molecule has 6 nitrogen and oxygen atoms in total. The van der Waals surface area contributed by atoms with Gasteiger partial charge >= 0.3 is 0 Å². The standard InChI is InChI=1S/C13H22N2O4S/c1-15(2)20(17,18)13-7-5-4-6-12(13)14-11(8-9-16)10-19-3/h4-7,11,14,16H,8-10H2,1-3H3. The molecule has 0 saturated carbocycles. The first-order valence-electron chi connectivity index (χ1n) is 6.31. The molecule has 0 spiro atoms. The van der Waals surface area contributed by atoms with Gasteiger partial charge in [0, 0.05) is 27.8 Å². The number of aliphatic hydroxyl groups excluding tert-OH is 1. The number of nitrogens with one attached hydrogen (secondary N) is 1. The van der Waals surface area contributed by atoms with E-state index in [1.54, 1.807) is 31.4 Å². The molecular formula is C13H22N2O4S. The summed E-state index contributed by atoms with van der Waals surface area (Å²) in [5, 5.41) is 12.2. The molecule has 0 bridgehead atoms. The summed E-state index contributed by atoms with van der Waals surface area (Å²) in [6.45, 7) is 0.389. The summed E-state index contributed by atoms with van der Waals surface area (Å²) in [7, 11) is 1.03. The molecule has 0 aromatic heterocycles. The van der Waals surface area contributed by atoms with Gasteiger partial charge in [-0.25, -0.2) is 12.7 Å². The van der Waals surface area contributed by atoms with Gasteiger partial charge in [0.1, 0.15) is 4.90 Å². The van der Waals surface area contributed by atoms with Crippen molar-refractivity contribution in [3.05, 3.63) is 24.3 Å². The molecule has 0 heterocycles. The van der Waals surface area contributed by atoms with E-state index in [4.69, 9.17) is 9.84 Å². The maximum Gasteiger partial charge on any atom is 0.244 e. The van der Waals surface area contributed by atoms with Crippen molar-refractivity contribution in [2.75, 3.05) is 39.7 Å². The first-order valence-corrected chi connectivity index (χ1v) is 7.75. The minimum atomic E-state index is -3.52. The van der Waals surface area contributed by atoms with Crippen molar-refractivity contribution in [1.82, 2.24) is 4.31 Å². The zero-order chi connectivity index (χ0) is 15.2. The van der Waals surface area contributed by atoms with Gasteiger partial charge in [-0.2, -0.15) is 0 Å². The van der Waals surface area contributed by atoms with Crippen molar-refractivity contribution in [1.29, 1.82) is 0 Å². The van der Waals surface area contributed by atoms with E-state index in [1.165, 1.54) is 18.4 Å². The Balaban J connectivity index is 3.07. The quantitative estimate of drug-likeness (QED) is 0.741. The Bertz CT molecular complexity index is 511. The second-order valence-corrected chi connectivity index (χ2v) is 6.71. The minimum absolute atomic E-state index is 0.00360. The molecule has 0 amide bonds. The molecule has 1 aromatic carbocycles. The largest absolute Gasteiger partial charge is 0.396 e. The monoisotopic (exact) mass is 302 g/mol. The number of ether oxygens (including phenoxy) is 1.